The van der Waals surface area contributed by atoms with Gasteiger partial charge in [-0.2, -0.15) is 13.2 Å². The van der Waals surface area contributed by atoms with Crippen LogP contribution in [0.15, 0.2) is 54.7 Å². The summed E-state index contributed by atoms with van der Waals surface area (Å²) in [4.78, 5) is 8.67. The van der Waals surface area contributed by atoms with Crippen molar-refractivity contribution in [1.29, 1.82) is 0 Å². The molecule has 0 spiro atoms. The first kappa shape index (κ1) is 19.1. The molecule has 0 saturated heterocycles. The fourth-order valence-corrected chi connectivity index (χ4v) is 2.68. The monoisotopic (exact) mass is 370 g/mol. The van der Waals surface area contributed by atoms with Crippen LogP contribution in [0.4, 0.5) is 13.2 Å². The van der Waals surface area contributed by atoms with Crippen molar-refractivity contribution in [2.75, 3.05) is 0 Å². The summed E-state index contributed by atoms with van der Waals surface area (Å²) in [6, 6.07) is 14.3. The Morgan fingerprint density at radius 2 is 1.37 bits per heavy atom. The molecule has 0 N–H and O–H groups in total. The Morgan fingerprint density at radius 3 is 1.89 bits per heavy atom. The average Bonchev–Trinajstić information content (AvgIpc) is 2.60. The maximum Gasteiger partial charge on any atom is 0.417 e. The third kappa shape index (κ3) is 4.35. The normalized spacial score (nSPS) is 12.3. The minimum absolute atomic E-state index is 0.136. The van der Waals surface area contributed by atoms with Gasteiger partial charge in [0.25, 0.3) is 0 Å². The molecule has 0 saturated carbocycles. The van der Waals surface area contributed by atoms with Crippen LogP contribution in [0.3, 0.4) is 0 Å². The number of aryl methyl sites for hydroxylation is 1. The Morgan fingerprint density at radius 1 is 0.741 bits per heavy atom. The van der Waals surface area contributed by atoms with Crippen molar-refractivity contribution in [3.63, 3.8) is 0 Å². The van der Waals surface area contributed by atoms with Gasteiger partial charge in [0.1, 0.15) is 0 Å². The van der Waals surface area contributed by atoms with Crippen LogP contribution in [0.5, 0.6) is 0 Å². The van der Waals surface area contributed by atoms with Gasteiger partial charge in [-0.25, -0.2) is 4.98 Å². The van der Waals surface area contributed by atoms with Crippen LogP contribution >= 0.6 is 0 Å². The highest BCUT2D eigenvalue weighted by Gasteiger charge is 2.30. The smallest absolute Gasteiger partial charge is 0.254 e. The van der Waals surface area contributed by atoms with Crippen molar-refractivity contribution in [3.8, 4) is 22.6 Å². The van der Waals surface area contributed by atoms with Crippen LogP contribution < -0.4 is 0 Å². The maximum atomic E-state index is 12.8. The molecule has 0 radical (unpaired) electrons. The van der Waals surface area contributed by atoms with E-state index in [1.165, 1.54) is 6.07 Å². The summed E-state index contributed by atoms with van der Waals surface area (Å²) in [6.45, 7) is 8.28. The average molecular weight is 370 g/mol. The highest BCUT2D eigenvalue weighted by atomic mass is 19.4. The zero-order valence-corrected chi connectivity index (χ0v) is 15.7. The first-order valence-corrected chi connectivity index (χ1v) is 8.67. The number of pyridine rings is 2. The molecular formula is C22H21F3N2. The predicted octanol–water partition coefficient (Wildman–Crippen LogP) is 6.44. The Kier molecular flexibility index (Phi) is 4.81. The van der Waals surface area contributed by atoms with Gasteiger partial charge in [0.15, 0.2) is 0 Å². The van der Waals surface area contributed by atoms with E-state index in [2.05, 4.69) is 30.7 Å². The van der Waals surface area contributed by atoms with Crippen LogP contribution in [0.25, 0.3) is 22.6 Å². The molecular weight excluding hydrogens is 349 g/mol. The van der Waals surface area contributed by atoms with Crippen LogP contribution in [-0.2, 0) is 11.6 Å². The molecule has 0 unspecified atom stereocenters. The lowest BCUT2D eigenvalue weighted by atomic mass is 9.86. The van der Waals surface area contributed by atoms with Crippen molar-refractivity contribution in [3.05, 3.63) is 71.4 Å². The number of halogens is 3. The lowest BCUT2D eigenvalue weighted by molar-refractivity contribution is -0.137. The molecule has 3 rings (SSSR count). The molecule has 5 heteroatoms. The van der Waals surface area contributed by atoms with Gasteiger partial charge in [0.05, 0.1) is 22.6 Å². The summed E-state index contributed by atoms with van der Waals surface area (Å²) < 4.78 is 38.4. The van der Waals surface area contributed by atoms with Crippen molar-refractivity contribution < 1.29 is 13.2 Å². The molecule has 2 nitrogen and oxygen atoms in total. The topological polar surface area (TPSA) is 25.8 Å². The molecule has 3 aromatic rings. The summed E-state index contributed by atoms with van der Waals surface area (Å²) >= 11 is 0. The first-order valence-electron chi connectivity index (χ1n) is 8.67. The van der Waals surface area contributed by atoms with Gasteiger partial charge in [-0.05, 0) is 42.2 Å². The van der Waals surface area contributed by atoms with E-state index < -0.39 is 11.7 Å². The standard InChI is InChI=1S/C22H21F3N2/c1-14-5-7-15(8-6-14)19-11-17(21(2,3)4)12-20(27-19)18-10-9-16(13-26-18)22(23,24)25/h5-13H,1-4H3. The van der Waals surface area contributed by atoms with Gasteiger partial charge in [-0.3, -0.25) is 4.98 Å². The maximum absolute atomic E-state index is 12.8. The van der Waals surface area contributed by atoms with Crippen molar-refractivity contribution >= 4 is 0 Å². The van der Waals surface area contributed by atoms with Crippen LogP contribution in [0.2, 0.25) is 0 Å². The number of benzene rings is 1. The predicted molar refractivity (Wildman–Crippen MR) is 101 cm³/mol. The second-order valence-corrected chi connectivity index (χ2v) is 7.67. The molecule has 2 aromatic heterocycles. The second-order valence-electron chi connectivity index (χ2n) is 7.67. The van der Waals surface area contributed by atoms with Gasteiger partial charge in [0, 0.05) is 11.8 Å². The van der Waals surface area contributed by atoms with E-state index >= 15 is 0 Å². The van der Waals surface area contributed by atoms with Crippen LogP contribution in [0.1, 0.15) is 37.5 Å². The Hall–Kier alpha value is -2.69. The number of hydrogen-bond donors (Lipinski definition) is 0. The molecule has 0 fully saturated rings. The zero-order chi connectivity index (χ0) is 19.8. The minimum Gasteiger partial charge on any atom is -0.254 e. The van der Waals surface area contributed by atoms with E-state index in [9.17, 15) is 13.2 Å². The van der Waals surface area contributed by atoms with Crippen molar-refractivity contribution in [2.45, 2.75) is 39.3 Å². The lowest BCUT2D eigenvalue weighted by Crippen LogP contribution is -2.12. The highest BCUT2D eigenvalue weighted by Crippen LogP contribution is 2.32. The third-order valence-electron chi connectivity index (χ3n) is 4.39. The van der Waals surface area contributed by atoms with Crippen molar-refractivity contribution in [2.24, 2.45) is 0 Å². The number of nitrogens with zero attached hydrogens (tertiary/aromatic N) is 2. The third-order valence-corrected chi connectivity index (χ3v) is 4.39. The second kappa shape index (κ2) is 6.80. The van der Waals surface area contributed by atoms with E-state index in [-0.39, 0.29) is 5.41 Å². The summed E-state index contributed by atoms with van der Waals surface area (Å²) in [5, 5.41) is 0. The fraction of sp³-hybridized carbons (Fsp3) is 0.273. The largest absolute Gasteiger partial charge is 0.417 e. The van der Waals surface area contributed by atoms with Gasteiger partial charge >= 0.3 is 6.18 Å². The summed E-state index contributed by atoms with van der Waals surface area (Å²) in [5.74, 6) is 0. The summed E-state index contributed by atoms with van der Waals surface area (Å²) in [6.07, 6.45) is -3.55. The molecule has 27 heavy (non-hydrogen) atoms. The molecule has 140 valence electrons. The van der Waals surface area contributed by atoms with Crippen LogP contribution in [0, 0.1) is 6.92 Å². The van der Waals surface area contributed by atoms with E-state index in [4.69, 9.17) is 0 Å². The number of hydrogen-bond acceptors (Lipinski definition) is 2. The quantitative estimate of drug-likeness (QED) is 0.519. The molecule has 0 amide bonds. The van der Waals surface area contributed by atoms with Crippen LogP contribution in [-0.4, -0.2) is 9.97 Å². The summed E-state index contributed by atoms with van der Waals surface area (Å²) in [7, 11) is 0. The molecule has 0 aliphatic heterocycles. The molecule has 0 atom stereocenters. The van der Waals surface area contributed by atoms with Gasteiger partial charge in [-0.1, -0.05) is 50.6 Å². The molecule has 0 aliphatic rings. The molecule has 1 aromatic carbocycles. The highest BCUT2D eigenvalue weighted by molar-refractivity contribution is 5.66. The number of rotatable bonds is 2. The van der Waals surface area contributed by atoms with E-state index in [1.54, 1.807) is 0 Å². The number of aromatic nitrogens is 2. The van der Waals surface area contributed by atoms with Gasteiger partial charge < -0.3 is 0 Å². The fourth-order valence-electron chi connectivity index (χ4n) is 2.68. The Bertz CT molecular complexity index is 935. The van der Waals surface area contributed by atoms with Gasteiger partial charge in [-0.15, -0.1) is 0 Å². The lowest BCUT2D eigenvalue weighted by Gasteiger charge is -2.21. The molecule has 0 aliphatic carbocycles. The molecule has 2 heterocycles. The van der Waals surface area contributed by atoms with E-state index in [0.717, 1.165) is 34.6 Å². The Labute approximate surface area is 157 Å². The minimum atomic E-state index is -4.40. The van der Waals surface area contributed by atoms with Gasteiger partial charge in [0.2, 0.25) is 0 Å². The number of alkyl halides is 3. The van der Waals surface area contributed by atoms with E-state index in [0.29, 0.717) is 11.4 Å². The first-order chi connectivity index (χ1) is 12.5. The zero-order valence-electron chi connectivity index (χ0n) is 15.7. The molecule has 0 bridgehead atoms. The van der Waals surface area contributed by atoms with E-state index in [1.807, 2.05) is 43.3 Å². The summed E-state index contributed by atoms with van der Waals surface area (Å²) in [5.41, 5.74) is 4.01. The van der Waals surface area contributed by atoms with Crippen molar-refractivity contribution in [1.82, 2.24) is 9.97 Å². The SMILES string of the molecule is Cc1ccc(-c2cc(C(C)(C)C)cc(-c3ccc(C(F)(F)F)cn3)n2)cc1. The Balaban J connectivity index is 2.12.